The smallest absolute Gasteiger partial charge is 0.124 e. The lowest BCUT2D eigenvalue weighted by Gasteiger charge is -2.29. The molecular weight excluding hydrogens is 354 g/mol. The zero-order valence-corrected chi connectivity index (χ0v) is 14.5. The van der Waals surface area contributed by atoms with Gasteiger partial charge in [-0.05, 0) is 42.8 Å². The van der Waals surface area contributed by atoms with Gasteiger partial charge < -0.3 is 15.2 Å². The van der Waals surface area contributed by atoms with Crippen LogP contribution in [0.2, 0.25) is 5.02 Å². The predicted octanol–water partition coefficient (Wildman–Crippen LogP) is 4.34. The molecule has 0 bridgehead atoms. The van der Waals surface area contributed by atoms with Crippen LogP contribution in [-0.4, -0.2) is 14.2 Å². The Morgan fingerprint density at radius 1 is 1.05 bits per heavy atom. The molecule has 0 aliphatic rings. The van der Waals surface area contributed by atoms with Crippen LogP contribution in [0, 0.1) is 0 Å². The summed E-state index contributed by atoms with van der Waals surface area (Å²) in [5, 5.41) is 0.597. The van der Waals surface area contributed by atoms with Crippen molar-refractivity contribution in [2.45, 2.75) is 12.5 Å². The minimum atomic E-state index is -0.808. The predicted molar refractivity (Wildman–Crippen MR) is 89.3 cm³/mol. The molecule has 2 rings (SSSR count). The largest absolute Gasteiger partial charge is 0.497 e. The van der Waals surface area contributed by atoms with E-state index in [9.17, 15) is 0 Å². The van der Waals surface area contributed by atoms with Crippen molar-refractivity contribution >= 4 is 27.5 Å². The Kier molecular flexibility index (Phi) is 4.81. The third-order valence-electron chi connectivity index (χ3n) is 3.46. The van der Waals surface area contributed by atoms with Gasteiger partial charge in [-0.25, -0.2) is 0 Å². The van der Waals surface area contributed by atoms with E-state index in [1.54, 1.807) is 14.2 Å². The lowest BCUT2D eigenvalue weighted by atomic mass is 9.85. The van der Waals surface area contributed by atoms with Gasteiger partial charge in [0.05, 0.1) is 19.8 Å². The highest BCUT2D eigenvalue weighted by atomic mass is 79.9. The molecule has 2 N–H and O–H groups in total. The molecule has 0 heterocycles. The molecule has 0 fully saturated rings. The van der Waals surface area contributed by atoms with Crippen LogP contribution in [0.4, 0.5) is 0 Å². The van der Waals surface area contributed by atoms with E-state index < -0.39 is 5.54 Å². The molecule has 2 aromatic carbocycles. The van der Waals surface area contributed by atoms with Gasteiger partial charge in [0.25, 0.3) is 0 Å². The van der Waals surface area contributed by atoms with E-state index in [2.05, 4.69) is 15.9 Å². The fourth-order valence-corrected chi connectivity index (χ4v) is 3.15. The number of methoxy groups -OCH3 is 2. The highest BCUT2D eigenvalue weighted by Gasteiger charge is 2.30. The van der Waals surface area contributed by atoms with Gasteiger partial charge in [0.15, 0.2) is 0 Å². The standard InChI is InChI=1S/C16H17BrClNO2/c1-16(19,12-6-4-10(17)8-14(12)18)13-9-11(20-2)5-7-15(13)21-3/h4-9H,19H2,1-3H3. The Labute approximate surface area is 138 Å². The Morgan fingerprint density at radius 3 is 2.33 bits per heavy atom. The fraction of sp³-hybridized carbons (Fsp3) is 0.250. The van der Waals surface area contributed by atoms with Gasteiger partial charge >= 0.3 is 0 Å². The molecular formula is C16H17BrClNO2. The van der Waals surface area contributed by atoms with Crippen LogP contribution in [0.1, 0.15) is 18.1 Å². The third-order valence-corrected chi connectivity index (χ3v) is 4.26. The summed E-state index contributed by atoms with van der Waals surface area (Å²) in [4.78, 5) is 0. The molecule has 3 nitrogen and oxygen atoms in total. The number of nitrogens with two attached hydrogens (primary N) is 1. The molecule has 1 unspecified atom stereocenters. The summed E-state index contributed by atoms with van der Waals surface area (Å²) in [7, 11) is 3.23. The van der Waals surface area contributed by atoms with Crippen molar-refractivity contribution in [3.63, 3.8) is 0 Å². The van der Waals surface area contributed by atoms with Crippen LogP contribution in [-0.2, 0) is 5.54 Å². The van der Waals surface area contributed by atoms with E-state index in [1.807, 2.05) is 43.3 Å². The molecule has 0 aromatic heterocycles. The summed E-state index contributed by atoms with van der Waals surface area (Å²) in [6.45, 7) is 1.90. The third kappa shape index (κ3) is 3.18. The maximum Gasteiger partial charge on any atom is 0.124 e. The second-order valence-electron chi connectivity index (χ2n) is 4.89. The summed E-state index contributed by atoms with van der Waals surface area (Å²) in [6, 6.07) is 11.2. The first-order chi connectivity index (χ1) is 9.90. The number of rotatable bonds is 4. The number of benzene rings is 2. The van der Waals surface area contributed by atoms with Crippen molar-refractivity contribution in [2.24, 2.45) is 5.73 Å². The second kappa shape index (κ2) is 6.26. The van der Waals surface area contributed by atoms with Gasteiger partial charge in [0.1, 0.15) is 11.5 Å². The van der Waals surface area contributed by atoms with Crippen LogP contribution >= 0.6 is 27.5 Å². The number of hydrogen-bond donors (Lipinski definition) is 1. The van der Waals surface area contributed by atoms with Crippen LogP contribution in [0.3, 0.4) is 0 Å². The highest BCUT2D eigenvalue weighted by molar-refractivity contribution is 9.10. The molecule has 0 saturated heterocycles. The van der Waals surface area contributed by atoms with Gasteiger partial charge in [0, 0.05) is 15.1 Å². The maximum atomic E-state index is 6.57. The number of halogens is 2. The van der Waals surface area contributed by atoms with Crippen LogP contribution < -0.4 is 15.2 Å². The second-order valence-corrected chi connectivity index (χ2v) is 6.22. The van der Waals surface area contributed by atoms with Crippen molar-refractivity contribution in [3.8, 4) is 11.5 Å². The molecule has 0 aliphatic heterocycles. The van der Waals surface area contributed by atoms with E-state index in [-0.39, 0.29) is 0 Å². The average Bonchev–Trinajstić information content (AvgIpc) is 2.46. The van der Waals surface area contributed by atoms with Crippen molar-refractivity contribution in [3.05, 3.63) is 57.0 Å². The minimum absolute atomic E-state index is 0.597. The van der Waals surface area contributed by atoms with Gasteiger partial charge in [-0.2, -0.15) is 0 Å². The van der Waals surface area contributed by atoms with E-state index in [0.29, 0.717) is 10.8 Å². The van der Waals surface area contributed by atoms with E-state index in [4.69, 9.17) is 26.8 Å². The summed E-state index contributed by atoms with van der Waals surface area (Å²) in [5.74, 6) is 1.41. The summed E-state index contributed by atoms with van der Waals surface area (Å²) in [6.07, 6.45) is 0. The zero-order valence-electron chi connectivity index (χ0n) is 12.1. The Morgan fingerprint density at radius 2 is 1.76 bits per heavy atom. The van der Waals surface area contributed by atoms with E-state index in [1.165, 1.54) is 0 Å². The summed E-state index contributed by atoms with van der Waals surface area (Å²) >= 11 is 9.75. The Hall–Kier alpha value is -1.23. The topological polar surface area (TPSA) is 44.5 Å². The molecule has 0 saturated carbocycles. The molecule has 0 radical (unpaired) electrons. The first-order valence-corrected chi connectivity index (χ1v) is 7.54. The molecule has 112 valence electrons. The molecule has 0 spiro atoms. The first kappa shape index (κ1) is 16.1. The number of ether oxygens (including phenoxy) is 2. The monoisotopic (exact) mass is 369 g/mol. The van der Waals surface area contributed by atoms with Crippen molar-refractivity contribution < 1.29 is 9.47 Å². The molecule has 5 heteroatoms. The number of hydrogen-bond acceptors (Lipinski definition) is 3. The molecule has 1 atom stereocenters. The zero-order chi connectivity index (χ0) is 15.6. The molecule has 0 aliphatic carbocycles. The SMILES string of the molecule is COc1ccc(OC)c(C(C)(N)c2ccc(Br)cc2Cl)c1. The van der Waals surface area contributed by atoms with Gasteiger partial charge in [0.2, 0.25) is 0 Å². The van der Waals surface area contributed by atoms with E-state index >= 15 is 0 Å². The van der Waals surface area contributed by atoms with Crippen LogP contribution in [0.15, 0.2) is 40.9 Å². The van der Waals surface area contributed by atoms with Crippen LogP contribution in [0.5, 0.6) is 11.5 Å². The summed E-state index contributed by atoms with van der Waals surface area (Å²) < 4.78 is 11.6. The van der Waals surface area contributed by atoms with Gasteiger partial charge in [-0.3, -0.25) is 0 Å². The Bertz CT molecular complexity index is 659. The van der Waals surface area contributed by atoms with Crippen molar-refractivity contribution in [2.75, 3.05) is 14.2 Å². The van der Waals surface area contributed by atoms with Crippen molar-refractivity contribution in [1.29, 1.82) is 0 Å². The highest BCUT2D eigenvalue weighted by Crippen LogP contribution is 2.39. The van der Waals surface area contributed by atoms with Crippen molar-refractivity contribution in [1.82, 2.24) is 0 Å². The van der Waals surface area contributed by atoms with Crippen LogP contribution in [0.25, 0.3) is 0 Å². The van der Waals surface area contributed by atoms with Gasteiger partial charge in [-0.15, -0.1) is 0 Å². The molecule has 2 aromatic rings. The minimum Gasteiger partial charge on any atom is -0.497 e. The quantitative estimate of drug-likeness (QED) is 0.870. The first-order valence-electron chi connectivity index (χ1n) is 6.37. The summed E-state index contributed by atoms with van der Waals surface area (Å²) in [5.41, 5.74) is 7.40. The Balaban J connectivity index is 2.61. The lowest BCUT2D eigenvalue weighted by Crippen LogP contribution is -2.35. The lowest BCUT2D eigenvalue weighted by molar-refractivity contribution is 0.389. The normalized spacial score (nSPS) is 13.6. The van der Waals surface area contributed by atoms with E-state index in [0.717, 1.165) is 21.3 Å². The molecule has 21 heavy (non-hydrogen) atoms. The molecule has 0 amide bonds. The fourth-order valence-electron chi connectivity index (χ4n) is 2.28. The average molecular weight is 371 g/mol. The van der Waals surface area contributed by atoms with Gasteiger partial charge in [-0.1, -0.05) is 33.6 Å². The maximum absolute atomic E-state index is 6.57.